The molecule has 0 spiro atoms. The quantitative estimate of drug-likeness (QED) is 0.848. The maximum absolute atomic E-state index is 3.67. The molecule has 0 amide bonds. The van der Waals surface area contributed by atoms with Gasteiger partial charge in [0, 0.05) is 33.9 Å². The van der Waals surface area contributed by atoms with Crippen molar-refractivity contribution in [3.63, 3.8) is 0 Å². The lowest BCUT2D eigenvalue weighted by molar-refractivity contribution is 0.257. The highest BCUT2D eigenvalue weighted by molar-refractivity contribution is 14.1. The first-order valence-electron chi connectivity index (χ1n) is 6.50. The Morgan fingerprint density at radius 1 is 1.24 bits per heavy atom. The van der Waals surface area contributed by atoms with Crippen LogP contribution in [0.2, 0.25) is 0 Å². The minimum absolute atomic E-state index is 0.630. The van der Waals surface area contributed by atoms with Crippen molar-refractivity contribution in [1.29, 1.82) is 0 Å². The van der Waals surface area contributed by atoms with Crippen molar-refractivity contribution in [3.8, 4) is 0 Å². The van der Waals surface area contributed by atoms with E-state index in [1.165, 1.54) is 35.1 Å². The van der Waals surface area contributed by atoms with E-state index < -0.39 is 0 Å². The van der Waals surface area contributed by atoms with Gasteiger partial charge in [0.1, 0.15) is 0 Å². The predicted octanol–water partition coefficient (Wildman–Crippen LogP) is 3.33. The maximum atomic E-state index is 3.67. The zero-order valence-electron chi connectivity index (χ0n) is 10.2. The van der Waals surface area contributed by atoms with Gasteiger partial charge in [-0.1, -0.05) is 0 Å². The third-order valence-corrected chi connectivity index (χ3v) is 4.57. The highest BCUT2D eigenvalue weighted by atomic mass is 127. The molecule has 0 bridgehead atoms. The SMILES string of the molecule is CC1CC(Nc2ccc(I)cc2)CN1C1CC1. The molecule has 1 saturated carbocycles. The van der Waals surface area contributed by atoms with Gasteiger partial charge in [0.25, 0.3) is 0 Å². The summed E-state index contributed by atoms with van der Waals surface area (Å²) >= 11 is 2.35. The Hall–Kier alpha value is -0.290. The Morgan fingerprint density at radius 3 is 2.59 bits per heavy atom. The summed E-state index contributed by atoms with van der Waals surface area (Å²) in [6.07, 6.45) is 4.11. The third kappa shape index (κ3) is 2.76. The van der Waals surface area contributed by atoms with E-state index in [1.54, 1.807) is 0 Å². The number of nitrogens with zero attached hydrogens (tertiary/aromatic N) is 1. The normalized spacial score (nSPS) is 29.5. The number of hydrogen-bond donors (Lipinski definition) is 1. The Balaban J connectivity index is 1.61. The highest BCUT2D eigenvalue weighted by Crippen LogP contribution is 2.34. The van der Waals surface area contributed by atoms with Gasteiger partial charge in [0.05, 0.1) is 0 Å². The van der Waals surface area contributed by atoms with E-state index in [1.807, 2.05) is 0 Å². The molecule has 1 aliphatic heterocycles. The first-order chi connectivity index (χ1) is 8.22. The number of halogens is 1. The molecule has 2 nitrogen and oxygen atoms in total. The molecular formula is C14H19IN2. The van der Waals surface area contributed by atoms with Crippen LogP contribution in [-0.2, 0) is 0 Å². The van der Waals surface area contributed by atoms with Crippen LogP contribution in [-0.4, -0.2) is 29.6 Å². The Bertz CT molecular complexity index is 386. The van der Waals surface area contributed by atoms with Gasteiger partial charge >= 0.3 is 0 Å². The molecule has 1 aliphatic carbocycles. The second kappa shape index (κ2) is 4.76. The summed E-state index contributed by atoms with van der Waals surface area (Å²) in [6, 6.07) is 11.0. The van der Waals surface area contributed by atoms with Crippen molar-refractivity contribution >= 4 is 28.3 Å². The topological polar surface area (TPSA) is 15.3 Å². The standard InChI is InChI=1S/C14H19IN2/c1-10-8-13(9-17(10)14-6-7-14)16-12-4-2-11(15)3-5-12/h2-5,10,13-14,16H,6-9H2,1H3. The molecular weight excluding hydrogens is 323 g/mol. The molecule has 1 N–H and O–H groups in total. The van der Waals surface area contributed by atoms with Crippen LogP contribution >= 0.6 is 22.6 Å². The van der Waals surface area contributed by atoms with E-state index >= 15 is 0 Å². The van der Waals surface area contributed by atoms with Crippen LogP contribution < -0.4 is 5.32 Å². The summed E-state index contributed by atoms with van der Waals surface area (Å²) in [5.74, 6) is 0. The average molecular weight is 342 g/mol. The van der Waals surface area contributed by atoms with Crippen LogP contribution in [0.25, 0.3) is 0 Å². The Morgan fingerprint density at radius 2 is 1.94 bits per heavy atom. The van der Waals surface area contributed by atoms with Crippen LogP contribution in [0.15, 0.2) is 24.3 Å². The van der Waals surface area contributed by atoms with Crippen LogP contribution in [0.1, 0.15) is 26.2 Å². The van der Waals surface area contributed by atoms with Gasteiger partial charge in [-0.2, -0.15) is 0 Å². The van der Waals surface area contributed by atoms with Gasteiger partial charge in [0.2, 0.25) is 0 Å². The summed E-state index contributed by atoms with van der Waals surface area (Å²) < 4.78 is 1.30. The lowest BCUT2D eigenvalue weighted by Gasteiger charge is -2.19. The van der Waals surface area contributed by atoms with E-state index in [4.69, 9.17) is 0 Å². The second-order valence-electron chi connectivity index (χ2n) is 5.36. The molecule has 2 unspecified atom stereocenters. The molecule has 0 radical (unpaired) electrons. The summed E-state index contributed by atoms with van der Waals surface area (Å²) in [6.45, 7) is 3.59. The van der Waals surface area contributed by atoms with Crippen LogP contribution in [0.4, 0.5) is 5.69 Å². The van der Waals surface area contributed by atoms with Crippen LogP contribution in [0, 0.1) is 3.57 Å². The lowest BCUT2D eigenvalue weighted by Crippen LogP contribution is -2.30. The lowest BCUT2D eigenvalue weighted by atomic mass is 10.2. The van der Waals surface area contributed by atoms with E-state index in [9.17, 15) is 0 Å². The summed E-state index contributed by atoms with van der Waals surface area (Å²) in [5, 5.41) is 3.67. The molecule has 2 fully saturated rings. The fourth-order valence-corrected chi connectivity index (χ4v) is 3.22. The zero-order chi connectivity index (χ0) is 11.8. The van der Waals surface area contributed by atoms with E-state index in [0.29, 0.717) is 6.04 Å². The zero-order valence-corrected chi connectivity index (χ0v) is 12.4. The number of hydrogen-bond acceptors (Lipinski definition) is 2. The first-order valence-corrected chi connectivity index (χ1v) is 7.58. The Labute approximate surface area is 117 Å². The van der Waals surface area contributed by atoms with E-state index in [0.717, 1.165) is 12.1 Å². The molecule has 2 atom stereocenters. The fourth-order valence-electron chi connectivity index (χ4n) is 2.86. The molecule has 2 aliphatic rings. The number of anilines is 1. The Kier molecular flexibility index (Phi) is 3.30. The van der Waals surface area contributed by atoms with E-state index in [-0.39, 0.29) is 0 Å². The molecule has 1 saturated heterocycles. The summed E-state index contributed by atoms with van der Waals surface area (Å²) in [4.78, 5) is 2.68. The minimum atomic E-state index is 0.630. The van der Waals surface area contributed by atoms with Crippen LogP contribution in [0.5, 0.6) is 0 Å². The summed E-state index contributed by atoms with van der Waals surface area (Å²) in [7, 11) is 0. The van der Waals surface area contributed by atoms with Gasteiger partial charge in [0.15, 0.2) is 0 Å². The van der Waals surface area contributed by atoms with Crippen molar-refractivity contribution in [2.45, 2.75) is 44.3 Å². The van der Waals surface area contributed by atoms with Gasteiger partial charge in [-0.3, -0.25) is 4.90 Å². The van der Waals surface area contributed by atoms with Crippen molar-refractivity contribution < 1.29 is 0 Å². The van der Waals surface area contributed by atoms with Crippen molar-refractivity contribution in [3.05, 3.63) is 27.8 Å². The maximum Gasteiger partial charge on any atom is 0.0403 e. The fraction of sp³-hybridized carbons (Fsp3) is 0.571. The summed E-state index contributed by atoms with van der Waals surface area (Å²) in [5.41, 5.74) is 1.26. The molecule has 17 heavy (non-hydrogen) atoms. The highest BCUT2D eigenvalue weighted by Gasteiger charge is 2.38. The monoisotopic (exact) mass is 342 g/mol. The van der Waals surface area contributed by atoms with E-state index in [2.05, 4.69) is 64.0 Å². The second-order valence-corrected chi connectivity index (χ2v) is 6.61. The van der Waals surface area contributed by atoms with Gasteiger partial charge < -0.3 is 5.32 Å². The number of nitrogens with one attached hydrogen (secondary N) is 1. The van der Waals surface area contributed by atoms with Gasteiger partial charge in [-0.25, -0.2) is 0 Å². The molecule has 3 heteroatoms. The minimum Gasteiger partial charge on any atom is -0.381 e. The largest absolute Gasteiger partial charge is 0.381 e. The van der Waals surface area contributed by atoms with Crippen molar-refractivity contribution in [2.24, 2.45) is 0 Å². The van der Waals surface area contributed by atoms with Gasteiger partial charge in [-0.15, -0.1) is 0 Å². The average Bonchev–Trinajstić information content (AvgIpc) is 3.08. The van der Waals surface area contributed by atoms with Crippen molar-refractivity contribution in [2.75, 3.05) is 11.9 Å². The number of rotatable bonds is 3. The molecule has 3 rings (SSSR count). The van der Waals surface area contributed by atoms with Gasteiger partial charge in [-0.05, 0) is 73.0 Å². The molecule has 1 aromatic carbocycles. The predicted molar refractivity (Wildman–Crippen MR) is 80.4 cm³/mol. The molecule has 0 aromatic heterocycles. The number of benzene rings is 1. The number of likely N-dealkylation sites (tertiary alicyclic amines) is 1. The molecule has 92 valence electrons. The molecule has 1 heterocycles. The smallest absolute Gasteiger partial charge is 0.0403 e. The molecule has 1 aromatic rings. The van der Waals surface area contributed by atoms with Crippen molar-refractivity contribution in [1.82, 2.24) is 4.90 Å². The third-order valence-electron chi connectivity index (χ3n) is 3.85. The van der Waals surface area contributed by atoms with Crippen LogP contribution in [0.3, 0.4) is 0 Å². The first kappa shape index (κ1) is 11.8.